The molecule has 0 aromatic heterocycles. The van der Waals surface area contributed by atoms with E-state index in [0.29, 0.717) is 29.8 Å². The fourth-order valence-corrected chi connectivity index (χ4v) is 4.01. The second-order valence-corrected chi connectivity index (χ2v) is 6.28. The predicted octanol–water partition coefficient (Wildman–Crippen LogP) is 2.96. The molecule has 2 fully saturated rings. The van der Waals surface area contributed by atoms with E-state index < -0.39 is 0 Å². The molecule has 1 aliphatic carbocycles. The molecule has 1 aliphatic heterocycles. The summed E-state index contributed by atoms with van der Waals surface area (Å²) in [5.74, 6) is 0.419. The van der Waals surface area contributed by atoms with Gasteiger partial charge < -0.3 is 9.84 Å². The third kappa shape index (κ3) is 2.92. The number of likely N-dealkylation sites (tertiary alicyclic amines) is 1. The molecule has 3 atom stereocenters. The molecule has 1 aromatic carbocycles. The highest BCUT2D eigenvalue weighted by atomic mass is 19.1. The zero-order valence-electron chi connectivity index (χ0n) is 12.6. The highest BCUT2D eigenvalue weighted by Gasteiger charge is 2.38. The van der Waals surface area contributed by atoms with Crippen LogP contribution in [0.1, 0.15) is 37.7 Å². The molecule has 1 saturated carbocycles. The molecule has 21 heavy (non-hydrogen) atoms. The van der Waals surface area contributed by atoms with Crippen molar-refractivity contribution in [1.29, 1.82) is 0 Å². The average Bonchev–Trinajstić information content (AvgIpc) is 3.09. The van der Waals surface area contributed by atoms with Crippen molar-refractivity contribution in [3.63, 3.8) is 0 Å². The summed E-state index contributed by atoms with van der Waals surface area (Å²) in [4.78, 5) is 2.34. The summed E-state index contributed by atoms with van der Waals surface area (Å²) in [5, 5.41) is 10.1. The number of halogens is 1. The molecule has 2 aliphatic rings. The number of nitrogens with zero attached hydrogens (tertiary/aromatic N) is 1. The molecule has 3 nitrogen and oxygen atoms in total. The van der Waals surface area contributed by atoms with Crippen LogP contribution in [-0.2, 0) is 6.54 Å². The summed E-state index contributed by atoms with van der Waals surface area (Å²) in [6.45, 7) is 1.60. The minimum Gasteiger partial charge on any atom is -0.494 e. The number of aliphatic hydroxyl groups is 1. The first-order valence-electron chi connectivity index (χ1n) is 7.94. The van der Waals surface area contributed by atoms with E-state index in [1.807, 2.05) is 12.1 Å². The summed E-state index contributed by atoms with van der Waals surface area (Å²) in [5.41, 5.74) is 0.689. The van der Waals surface area contributed by atoms with E-state index in [-0.39, 0.29) is 11.9 Å². The predicted molar refractivity (Wildman–Crippen MR) is 79.7 cm³/mol. The maximum absolute atomic E-state index is 14.3. The number of benzene rings is 1. The maximum atomic E-state index is 14.3. The number of ether oxygens (including phenoxy) is 1. The Morgan fingerprint density at radius 1 is 1.29 bits per heavy atom. The third-order valence-electron chi connectivity index (χ3n) is 5.08. The van der Waals surface area contributed by atoms with Gasteiger partial charge in [-0.15, -0.1) is 0 Å². The lowest BCUT2D eigenvalue weighted by Crippen LogP contribution is -2.38. The maximum Gasteiger partial charge on any atom is 0.169 e. The third-order valence-corrected chi connectivity index (χ3v) is 5.08. The number of methoxy groups -OCH3 is 1. The second kappa shape index (κ2) is 6.32. The molecular formula is C17H24FNO2. The van der Waals surface area contributed by atoms with Gasteiger partial charge in [-0.25, -0.2) is 4.39 Å². The minimum absolute atomic E-state index is 0.175. The van der Waals surface area contributed by atoms with Gasteiger partial charge in [0, 0.05) is 24.1 Å². The first-order chi connectivity index (χ1) is 10.2. The van der Waals surface area contributed by atoms with Gasteiger partial charge in [0.15, 0.2) is 11.6 Å². The highest BCUT2D eigenvalue weighted by Crippen LogP contribution is 2.36. The molecule has 116 valence electrons. The van der Waals surface area contributed by atoms with E-state index in [1.54, 1.807) is 6.07 Å². The Bertz CT molecular complexity index is 494. The molecular weight excluding hydrogens is 269 g/mol. The summed E-state index contributed by atoms with van der Waals surface area (Å²) >= 11 is 0. The first-order valence-corrected chi connectivity index (χ1v) is 7.94. The Labute approximate surface area is 125 Å². The molecule has 1 heterocycles. The smallest absolute Gasteiger partial charge is 0.169 e. The van der Waals surface area contributed by atoms with Crippen LogP contribution >= 0.6 is 0 Å². The minimum atomic E-state index is -0.252. The van der Waals surface area contributed by atoms with Crippen molar-refractivity contribution in [2.75, 3.05) is 13.7 Å². The van der Waals surface area contributed by atoms with Crippen molar-refractivity contribution in [2.45, 2.75) is 50.8 Å². The van der Waals surface area contributed by atoms with Crippen LogP contribution in [0.2, 0.25) is 0 Å². The van der Waals surface area contributed by atoms with E-state index >= 15 is 0 Å². The molecule has 3 unspecified atom stereocenters. The van der Waals surface area contributed by atoms with Crippen LogP contribution < -0.4 is 4.74 Å². The van der Waals surface area contributed by atoms with Crippen molar-refractivity contribution in [2.24, 2.45) is 5.92 Å². The van der Waals surface area contributed by atoms with Crippen molar-refractivity contribution < 1.29 is 14.2 Å². The van der Waals surface area contributed by atoms with E-state index in [4.69, 9.17) is 4.74 Å². The second-order valence-electron chi connectivity index (χ2n) is 6.28. The normalized spacial score (nSPS) is 30.0. The zero-order chi connectivity index (χ0) is 14.8. The fourth-order valence-electron chi connectivity index (χ4n) is 4.01. The van der Waals surface area contributed by atoms with Crippen molar-refractivity contribution in [3.05, 3.63) is 29.6 Å². The lowest BCUT2D eigenvalue weighted by molar-refractivity contribution is 0.0714. The summed E-state index contributed by atoms with van der Waals surface area (Å²) < 4.78 is 19.4. The van der Waals surface area contributed by atoms with Crippen LogP contribution in [0, 0.1) is 11.7 Å². The first kappa shape index (κ1) is 14.8. The van der Waals surface area contributed by atoms with E-state index in [0.717, 1.165) is 38.6 Å². The molecule has 1 aromatic rings. The number of hydrogen-bond donors (Lipinski definition) is 1. The SMILES string of the molecule is COc1cccc(CN2CCCC2C2CCCC2O)c1F. The van der Waals surface area contributed by atoms with Crippen LogP contribution in [0.5, 0.6) is 5.75 Å². The Balaban J connectivity index is 1.74. The molecule has 1 saturated heterocycles. The van der Waals surface area contributed by atoms with Crippen LogP contribution in [0.25, 0.3) is 0 Å². The number of rotatable bonds is 4. The fraction of sp³-hybridized carbons (Fsp3) is 0.647. The quantitative estimate of drug-likeness (QED) is 0.926. The van der Waals surface area contributed by atoms with Crippen LogP contribution in [0.15, 0.2) is 18.2 Å². The molecule has 1 N–H and O–H groups in total. The lowest BCUT2D eigenvalue weighted by atomic mass is 9.94. The van der Waals surface area contributed by atoms with Gasteiger partial charge in [-0.3, -0.25) is 4.90 Å². The average molecular weight is 293 g/mol. The van der Waals surface area contributed by atoms with E-state index in [1.165, 1.54) is 7.11 Å². The van der Waals surface area contributed by atoms with Gasteiger partial charge in [-0.05, 0) is 38.3 Å². The Hall–Kier alpha value is -1.13. The van der Waals surface area contributed by atoms with Crippen molar-refractivity contribution in [3.8, 4) is 5.75 Å². The summed E-state index contributed by atoms with van der Waals surface area (Å²) in [6, 6.07) is 5.72. The standard InChI is InChI=1S/C17H24FNO2/c1-21-16-9-2-5-12(17(16)18)11-19-10-4-7-14(19)13-6-3-8-15(13)20/h2,5,9,13-15,20H,3-4,6-8,10-11H2,1H3. The van der Waals surface area contributed by atoms with Crippen LogP contribution in [-0.4, -0.2) is 35.8 Å². The molecule has 0 bridgehead atoms. The monoisotopic (exact) mass is 293 g/mol. The Morgan fingerprint density at radius 2 is 2.14 bits per heavy atom. The highest BCUT2D eigenvalue weighted by molar-refractivity contribution is 5.31. The largest absolute Gasteiger partial charge is 0.494 e. The summed E-state index contributed by atoms with van der Waals surface area (Å²) in [7, 11) is 1.50. The lowest BCUT2D eigenvalue weighted by Gasteiger charge is -2.31. The Kier molecular flexibility index (Phi) is 4.45. The molecule has 3 rings (SSSR count). The molecule has 0 spiro atoms. The van der Waals surface area contributed by atoms with Crippen molar-refractivity contribution >= 4 is 0 Å². The van der Waals surface area contributed by atoms with Gasteiger partial charge in [-0.1, -0.05) is 18.6 Å². The number of aliphatic hydroxyl groups excluding tert-OH is 1. The van der Waals surface area contributed by atoms with Gasteiger partial charge >= 0.3 is 0 Å². The molecule has 0 radical (unpaired) electrons. The van der Waals surface area contributed by atoms with E-state index in [9.17, 15) is 9.50 Å². The van der Waals surface area contributed by atoms with Gasteiger partial charge in [0.2, 0.25) is 0 Å². The van der Waals surface area contributed by atoms with Gasteiger partial charge in [0.25, 0.3) is 0 Å². The molecule has 0 amide bonds. The summed E-state index contributed by atoms with van der Waals surface area (Å²) in [6.07, 6.45) is 5.22. The van der Waals surface area contributed by atoms with Crippen LogP contribution in [0.4, 0.5) is 4.39 Å². The Morgan fingerprint density at radius 3 is 2.86 bits per heavy atom. The molecule has 4 heteroatoms. The van der Waals surface area contributed by atoms with E-state index in [2.05, 4.69) is 4.90 Å². The zero-order valence-corrected chi connectivity index (χ0v) is 12.6. The number of hydrogen-bond acceptors (Lipinski definition) is 3. The van der Waals surface area contributed by atoms with Crippen LogP contribution in [0.3, 0.4) is 0 Å². The van der Waals surface area contributed by atoms with Gasteiger partial charge in [-0.2, -0.15) is 0 Å². The van der Waals surface area contributed by atoms with Gasteiger partial charge in [0.1, 0.15) is 0 Å². The topological polar surface area (TPSA) is 32.7 Å². The van der Waals surface area contributed by atoms with Crippen molar-refractivity contribution in [1.82, 2.24) is 4.90 Å². The van der Waals surface area contributed by atoms with Gasteiger partial charge in [0.05, 0.1) is 13.2 Å².